The first-order valence-electron chi connectivity index (χ1n) is 11.7. The molecule has 1 aromatic heterocycles. The normalized spacial score (nSPS) is 14.3. The lowest BCUT2D eigenvalue weighted by Gasteiger charge is -2.27. The van der Waals surface area contributed by atoms with Crippen LogP contribution in [-0.2, 0) is 0 Å². The Morgan fingerprint density at radius 1 is 0.944 bits per heavy atom. The molecule has 0 spiro atoms. The van der Waals surface area contributed by atoms with Crippen LogP contribution in [0.1, 0.15) is 38.7 Å². The topological polar surface area (TPSA) is 77.4 Å². The third-order valence-corrected chi connectivity index (χ3v) is 6.31. The number of carbonyl (C=O) groups excluding carboxylic acids is 1. The number of nitrogens with one attached hydrogen (secondary N) is 2. The van der Waals surface area contributed by atoms with Crippen molar-refractivity contribution in [3.63, 3.8) is 0 Å². The molecule has 2 heterocycles. The van der Waals surface area contributed by atoms with Gasteiger partial charge in [0, 0.05) is 16.9 Å². The van der Waals surface area contributed by atoms with Crippen molar-refractivity contribution in [2.24, 2.45) is 0 Å². The van der Waals surface area contributed by atoms with Crippen molar-refractivity contribution in [2.75, 3.05) is 24.9 Å². The number of ether oxygens (including phenoxy) is 2. The predicted octanol–water partition coefficient (Wildman–Crippen LogP) is 5.83. The van der Waals surface area contributed by atoms with E-state index in [1.165, 1.54) is 5.56 Å². The summed E-state index contributed by atoms with van der Waals surface area (Å²) in [6, 6.07) is 21.4. The Balaban J connectivity index is 1.60. The Kier molecular flexibility index (Phi) is 6.21. The fourth-order valence-corrected chi connectivity index (χ4v) is 4.36. The van der Waals surface area contributed by atoms with Crippen molar-refractivity contribution in [3.05, 3.63) is 107 Å². The molecule has 1 aliphatic heterocycles. The zero-order chi connectivity index (χ0) is 25.2. The van der Waals surface area contributed by atoms with Crippen LogP contribution in [0.3, 0.4) is 0 Å². The van der Waals surface area contributed by atoms with Gasteiger partial charge in [-0.05, 0) is 43.7 Å². The SMILES string of the molecule is COc1cccc(C2C=C(c3ccc(C)cc3)Nc3c(C(=O)Nc4ccc(C)cc4)cnn32)c1OC. The number of anilines is 2. The van der Waals surface area contributed by atoms with E-state index in [2.05, 4.69) is 53.0 Å². The van der Waals surface area contributed by atoms with E-state index in [4.69, 9.17) is 9.47 Å². The molecule has 0 fully saturated rings. The van der Waals surface area contributed by atoms with Crippen LogP contribution < -0.4 is 20.1 Å². The molecule has 1 aliphatic rings. The Labute approximate surface area is 210 Å². The molecule has 1 atom stereocenters. The van der Waals surface area contributed by atoms with E-state index in [-0.39, 0.29) is 11.9 Å². The summed E-state index contributed by atoms with van der Waals surface area (Å²) in [7, 11) is 3.24. The van der Waals surface area contributed by atoms with E-state index in [9.17, 15) is 4.79 Å². The minimum Gasteiger partial charge on any atom is -0.493 e. The summed E-state index contributed by atoms with van der Waals surface area (Å²) in [5, 5.41) is 11.1. The number of allylic oxidation sites excluding steroid dienone is 1. The minimum absolute atomic E-state index is 0.242. The largest absolute Gasteiger partial charge is 0.493 e. The van der Waals surface area contributed by atoms with Gasteiger partial charge in [-0.15, -0.1) is 0 Å². The zero-order valence-corrected chi connectivity index (χ0v) is 20.7. The number of benzene rings is 3. The second-order valence-electron chi connectivity index (χ2n) is 8.77. The first-order valence-corrected chi connectivity index (χ1v) is 11.7. The second kappa shape index (κ2) is 9.62. The first kappa shape index (κ1) is 23.2. The van der Waals surface area contributed by atoms with Crippen LogP contribution in [0.25, 0.3) is 5.70 Å². The number of methoxy groups -OCH3 is 2. The molecule has 1 unspecified atom stereocenters. The molecule has 7 heteroatoms. The summed E-state index contributed by atoms with van der Waals surface area (Å²) in [6.45, 7) is 4.06. The van der Waals surface area contributed by atoms with Crippen molar-refractivity contribution in [3.8, 4) is 11.5 Å². The molecule has 0 bridgehead atoms. The molecule has 3 aromatic carbocycles. The molecular weight excluding hydrogens is 452 g/mol. The highest BCUT2D eigenvalue weighted by atomic mass is 16.5. The number of hydrogen-bond acceptors (Lipinski definition) is 5. The molecule has 182 valence electrons. The number of nitrogens with zero attached hydrogens (tertiary/aromatic N) is 2. The quantitative estimate of drug-likeness (QED) is 0.363. The number of aromatic nitrogens is 2. The fourth-order valence-electron chi connectivity index (χ4n) is 4.36. The molecule has 0 aliphatic carbocycles. The molecule has 2 N–H and O–H groups in total. The van der Waals surface area contributed by atoms with E-state index >= 15 is 0 Å². The smallest absolute Gasteiger partial charge is 0.261 e. The predicted molar refractivity (Wildman–Crippen MR) is 142 cm³/mol. The van der Waals surface area contributed by atoms with Gasteiger partial charge in [0.05, 0.1) is 20.4 Å². The van der Waals surface area contributed by atoms with Gasteiger partial charge in [-0.3, -0.25) is 4.79 Å². The molecule has 0 radical (unpaired) electrons. The van der Waals surface area contributed by atoms with E-state index < -0.39 is 0 Å². The van der Waals surface area contributed by atoms with E-state index in [0.29, 0.717) is 22.9 Å². The van der Waals surface area contributed by atoms with Gasteiger partial charge in [-0.1, -0.05) is 59.7 Å². The average Bonchev–Trinajstić information content (AvgIpc) is 3.33. The monoisotopic (exact) mass is 480 g/mol. The van der Waals surface area contributed by atoms with Gasteiger partial charge in [-0.2, -0.15) is 5.10 Å². The van der Waals surface area contributed by atoms with Crippen LogP contribution in [0.15, 0.2) is 79.0 Å². The Hall–Kier alpha value is -4.52. The fraction of sp³-hybridized carbons (Fsp3) is 0.172. The van der Waals surface area contributed by atoms with Gasteiger partial charge in [0.1, 0.15) is 17.4 Å². The zero-order valence-electron chi connectivity index (χ0n) is 20.7. The molecule has 36 heavy (non-hydrogen) atoms. The number of para-hydroxylation sites is 1. The number of amides is 1. The third kappa shape index (κ3) is 4.31. The van der Waals surface area contributed by atoms with Gasteiger partial charge in [0.2, 0.25) is 0 Å². The van der Waals surface area contributed by atoms with Gasteiger partial charge >= 0.3 is 0 Å². The van der Waals surface area contributed by atoms with Crippen LogP contribution >= 0.6 is 0 Å². The lowest BCUT2D eigenvalue weighted by atomic mass is 9.99. The number of hydrogen-bond donors (Lipinski definition) is 2. The maximum atomic E-state index is 13.3. The highest BCUT2D eigenvalue weighted by Gasteiger charge is 2.30. The van der Waals surface area contributed by atoms with Gasteiger partial charge in [-0.25, -0.2) is 4.68 Å². The number of fused-ring (bicyclic) bond motifs is 1. The molecular formula is C29H28N4O3. The molecule has 0 saturated heterocycles. The second-order valence-corrected chi connectivity index (χ2v) is 8.77. The number of carbonyl (C=O) groups is 1. The number of aryl methyl sites for hydroxylation is 2. The molecule has 4 aromatic rings. The summed E-state index contributed by atoms with van der Waals surface area (Å²) in [5.74, 6) is 1.62. The standard InChI is InChI=1S/C29H28N4O3/c1-18-8-12-20(13-9-18)24-16-25(22-6-5-7-26(35-3)27(22)36-4)33-28(32-24)23(17-30-33)29(34)31-21-14-10-19(2)11-15-21/h5-17,25,32H,1-4H3,(H,31,34). The summed E-state index contributed by atoms with van der Waals surface area (Å²) < 4.78 is 13.1. The van der Waals surface area contributed by atoms with Crippen LogP contribution in [0.4, 0.5) is 11.5 Å². The molecule has 1 amide bonds. The molecule has 0 saturated carbocycles. The van der Waals surface area contributed by atoms with Crippen LogP contribution in [0.2, 0.25) is 0 Å². The Morgan fingerprint density at radius 2 is 1.64 bits per heavy atom. The van der Waals surface area contributed by atoms with Gasteiger partial charge < -0.3 is 20.1 Å². The van der Waals surface area contributed by atoms with Crippen LogP contribution in [0.5, 0.6) is 11.5 Å². The Morgan fingerprint density at radius 3 is 2.31 bits per heavy atom. The van der Waals surface area contributed by atoms with Gasteiger partial charge in [0.25, 0.3) is 5.91 Å². The Bertz CT molecular complexity index is 1440. The highest BCUT2D eigenvalue weighted by molar-refractivity contribution is 6.08. The highest BCUT2D eigenvalue weighted by Crippen LogP contribution is 2.41. The summed E-state index contributed by atoms with van der Waals surface area (Å²) in [6.07, 6.45) is 3.68. The van der Waals surface area contributed by atoms with Crippen molar-refractivity contribution >= 4 is 23.1 Å². The lowest BCUT2D eigenvalue weighted by Crippen LogP contribution is -2.22. The van der Waals surface area contributed by atoms with E-state index in [0.717, 1.165) is 28.1 Å². The number of rotatable bonds is 6. The van der Waals surface area contributed by atoms with E-state index in [1.807, 2.05) is 49.4 Å². The summed E-state index contributed by atoms with van der Waals surface area (Å²) in [4.78, 5) is 13.3. The van der Waals surface area contributed by atoms with Crippen LogP contribution in [0, 0.1) is 13.8 Å². The summed E-state index contributed by atoms with van der Waals surface area (Å²) >= 11 is 0. The van der Waals surface area contributed by atoms with Crippen molar-refractivity contribution in [1.82, 2.24) is 9.78 Å². The molecule has 7 nitrogen and oxygen atoms in total. The van der Waals surface area contributed by atoms with Crippen molar-refractivity contribution < 1.29 is 14.3 Å². The lowest BCUT2D eigenvalue weighted by molar-refractivity contribution is 0.102. The summed E-state index contributed by atoms with van der Waals surface area (Å²) in [5.41, 5.74) is 6.22. The first-order chi connectivity index (χ1) is 17.5. The van der Waals surface area contributed by atoms with Crippen molar-refractivity contribution in [2.45, 2.75) is 19.9 Å². The maximum Gasteiger partial charge on any atom is 0.261 e. The van der Waals surface area contributed by atoms with E-state index in [1.54, 1.807) is 25.1 Å². The maximum absolute atomic E-state index is 13.3. The third-order valence-electron chi connectivity index (χ3n) is 6.31. The average molecular weight is 481 g/mol. The van der Waals surface area contributed by atoms with Gasteiger partial charge in [0.15, 0.2) is 11.5 Å². The molecule has 5 rings (SSSR count). The van der Waals surface area contributed by atoms with Crippen molar-refractivity contribution in [1.29, 1.82) is 0 Å². The van der Waals surface area contributed by atoms with Crippen LogP contribution in [-0.4, -0.2) is 29.9 Å². The minimum atomic E-state index is -0.330.